The van der Waals surface area contributed by atoms with Crippen LogP contribution in [0.25, 0.3) is 0 Å². The van der Waals surface area contributed by atoms with Gasteiger partial charge in [-0.2, -0.15) is 13.2 Å². The van der Waals surface area contributed by atoms with Crippen LogP contribution in [0.5, 0.6) is 0 Å². The van der Waals surface area contributed by atoms with Crippen molar-refractivity contribution in [3.63, 3.8) is 0 Å². The van der Waals surface area contributed by atoms with Gasteiger partial charge in [0.05, 0.1) is 16.1 Å². The van der Waals surface area contributed by atoms with Crippen LogP contribution in [0.3, 0.4) is 0 Å². The van der Waals surface area contributed by atoms with E-state index in [4.69, 9.17) is 5.73 Å². The van der Waals surface area contributed by atoms with Crippen LogP contribution in [0.2, 0.25) is 0 Å². The number of alkyl halides is 3. The van der Waals surface area contributed by atoms with Crippen LogP contribution >= 0.6 is 11.5 Å². The maximum atomic E-state index is 12.6. The van der Waals surface area contributed by atoms with Gasteiger partial charge in [-0.1, -0.05) is 29.6 Å². The topological polar surface area (TPSA) is 51.8 Å². The Morgan fingerprint density at radius 1 is 1.35 bits per heavy atom. The molecule has 0 spiro atoms. The molecule has 1 atom stereocenters. The van der Waals surface area contributed by atoms with Crippen LogP contribution in [0, 0.1) is 0 Å². The number of hydrogen-bond donors (Lipinski definition) is 1. The number of halogens is 3. The molecule has 2 rings (SSSR count). The fraction of sp³-hybridized carbons (Fsp3) is 0.385. The van der Waals surface area contributed by atoms with Gasteiger partial charge in [-0.25, -0.2) is 0 Å². The van der Waals surface area contributed by atoms with Crippen LogP contribution in [-0.2, 0) is 19.0 Å². The first-order chi connectivity index (χ1) is 9.41. The van der Waals surface area contributed by atoms with E-state index in [0.717, 1.165) is 22.7 Å². The van der Waals surface area contributed by atoms with E-state index in [1.54, 1.807) is 6.07 Å². The van der Waals surface area contributed by atoms with E-state index in [0.29, 0.717) is 18.4 Å². The molecule has 0 saturated carbocycles. The SMILES string of the molecule is CCc1nnsc1C(N)Cc1cccc(C(F)(F)F)c1. The van der Waals surface area contributed by atoms with Gasteiger partial charge in [0.15, 0.2) is 0 Å². The molecule has 2 aromatic rings. The number of nitrogens with zero attached hydrogens (tertiary/aromatic N) is 2. The molecule has 3 nitrogen and oxygen atoms in total. The lowest BCUT2D eigenvalue weighted by atomic mass is 10.0. The van der Waals surface area contributed by atoms with Crippen molar-refractivity contribution in [1.29, 1.82) is 0 Å². The summed E-state index contributed by atoms with van der Waals surface area (Å²) >= 11 is 1.20. The lowest BCUT2D eigenvalue weighted by Crippen LogP contribution is -2.14. The van der Waals surface area contributed by atoms with Crippen LogP contribution in [-0.4, -0.2) is 9.59 Å². The Kier molecular flexibility index (Phi) is 4.39. The molecule has 0 fully saturated rings. The van der Waals surface area contributed by atoms with Gasteiger partial charge in [0, 0.05) is 6.04 Å². The molecular formula is C13H14F3N3S. The Balaban J connectivity index is 2.18. The quantitative estimate of drug-likeness (QED) is 0.942. The summed E-state index contributed by atoms with van der Waals surface area (Å²) in [6, 6.07) is 4.86. The molecule has 20 heavy (non-hydrogen) atoms. The molecule has 0 radical (unpaired) electrons. The van der Waals surface area contributed by atoms with Gasteiger partial charge >= 0.3 is 6.18 Å². The minimum absolute atomic E-state index is 0.334. The van der Waals surface area contributed by atoms with Gasteiger partial charge < -0.3 is 5.73 Å². The molecule has 1 aromatic carbocycles. The fourth-order valence-electron chi connectivity index (χ4n) is 1.96. The molecule has 108 valence electrons. The van der Waals surface area contributed by atoms with Crippen molar-refractivity contribution >= 4 is 11.5 Å². The summed E-state index contributed by atoms with van der Waals surface area (Å²) in [5.41, 5.74) is 6.78. The van der Waals surface area contributed by atoms with Crippen LogP contribution < -0.4 is 5.73 Å². The lowest BCUT2D eigenvalue weighted by molar-refractivity contribution is -0.137. The first-order valence-corrected chi connectivity index (χ1v) is 6.92. The minimum Gasteiger partial charge on any atom is -0.323 e. The maximum absolute atomic E-state index is 12.6. The number of aryl methyl sites for hydroxylation is 1. The van der Waals surface area contributed by atoms with Gasteiger partial charge in [0.25, 0.3) is 0 Å². The third-order valence-electron chi connectivity index (χ3n) is 2.97. The molecule has 1 aromatic heterocycles. The summed E-state index contributed by atoms with van der Waals surface area (Å²) in [6.45, 7) is 1.94. The highest BCUT2D eigenvalue weighted by molar-refractivity contribution is 7.05. The summed E-state index contributed by atoms with van der Waals surface area (Å²) < 4.78 is 41.8. The van der Waals surface area contributed by atoms with Gasteiger partial charge in [-0.05, 0) is 36.0 Å². The normalized spacial score (nSPS) is 13.4. The molecule has 0 aliphatic heterocycles. The van der Waals surface area contributed by atoms with Crippen LogP contribution in [0.15, 0.2) is 24.3 Å². The van der Waals surface area contributed by atoms with Crippen LogP contribution in [0.1, 0.15) is 34.7 Å². The van der Waals surface area contributed by atoms with Crippen molar-refractivity contribution in [1.82, 2.24) is 9.59 Å². The Labute approximate surface area is 118 Å². The molecule has 0 saturated heterocycles. The highest BCUT2D eigenvalue weighted by Gasteiger charge is 2.30. The molecule has 0 bridgehead atoms. The molecule has 1 heterocycles. The van der Waals surface area contributed by atoms with Crippen molar-refractivity contribution in [3.05, 3.63) is 46.0 Å². The summed E-state index contributed by atoms with van der Waals surface area (Å²) in [7, 11) is 0. The van der Waals surface area contributed by atoms with E-state index in [9.17, 15) is 13.2 Å². The van der Waals surface area contributed by atoms with E-state index < -0.39 is 11.7 Å². The van der Waals surface area contributed by atoms with Gasteiger partial charge in [0.2, 0.25) is 0 Å². The molecule has 0 amide bonds. The van der Waals surface area contributed by atoms with Gasteiger partial charge in [-0.15, -0.1) is 5.10 Å². The zero-order valence-electron chi connectivity index (χ0n) is 10.8. The molecule has 0 aliphatic carbocycles. The number of rotatable bonds is 4. The van der Waals surface area contributed by atoms with Gasteiger partial charge in [0.1, 0.15) is 0 Å². The third-order valence-corrected chi connectivity index (χ3v) is 3.87. The van der Waals surface area contributed by atoms with E-state index in [-0.39, 0.29) is 6.04 Å². The Bertz CT molecular complexity index is 580. The number of benzene rings is 1. The van der Waals surface area contributed by atoms with E-state index >= 15 is 0 Å². The van der Waals surface area contributed by atoms with Crippen LogP contribution in [0.4, 0.5) is 13.2 Å². The number of aromatic nitrogens is 2. The monoisotopic (exact) mass is 301 g/mol. The molecule has 2 N–H and O–H groups in total. The van der Waals surface area contributed by atoms with Crippen molar-refractivity contribution in [3.8, 4) is 0 Å². The predicted octanol–water partition coefficient (Wildman–Crippen LogP) is 3.36. The maximum Gasteiger partial charge on any atom is 0.416 e. The Morgan fingerprint density at radius 2 is 2.10 bits per heavy atom. The predicted molar refractivity (Wildman–Crippen MR) is 71.4 cm³/mol. The first-order valence-electron chi connectivity index (χ1n) is 6.14. The minimum atomic E-state index is -4.33. The number of hydrogen-bond acceptors (Lipinski definition) is 4. The molecule has 0 aliphatic rings. The average Bonchev–Trinajstić information content (AvgIpc) is 2.86. The Hall–Kier alpha value is -1.47. The zero-order valence-corrected chi connectivity index (χ0v) is 11.6. The second-order valence-electron chi connectivity index (χ2n) is 4.45. The molecular weight excluding hydrogens is 287 g/mol. The molecule has 7 heteroatoms. The lowest BCUT2D eigenvalue weighted by Gasteiger charge is -2.12. The third kappa shape index (κ3) is 3.34. The smallest absolute Gasteiger partial charge is 0.323 e. The zero-order chi connectivity index (χ0) is 14.8. The van der Waals surface area contributed by atoms with Crippen molar-refractivity contribution in [2.75, 3.05) is 0 Å². The highest BCUT2D eigenvalue weighted by atomic mass is 32.1. The summed E-state index contributed by atoms with van der Waals surface area (Å²) in [5.74, 6) is 0. The second kappa shape index (κ2) is 5.88. The number of nitrogens with two attached hydrogens (primary N) is 1. The average molecular weight is 301 g/mol. The van der Waals surface area contributed by atoms with E-state index in [1.807, 2.05) is 6.92 Å². The Morgan fingerprint density at radius 3 is 2.75 bits per heavy atom. The largest absolute Gasteiger partial charge is 0.416 e. The summed E-state index contributed by atoms with van der Waals surface area (Å²) in [5, 5.41) is 3.96. The highest BCUT2D eigenvalue weighted by Crippen LogP contribution is 2.30. The standard InChI is InChI=1S/C13H14F3N3S/c1-2-11-12(20-19-18-11)10(17)7-8-4-3-5-9(6-8)13(14,15)16/h3-6,10H,2,7,17H2,1H3. The molecule has 1 unspecified atom stereocenters. The summed E-state index contributed by atoms with van der Waals surface area (Å²) in [6.07, 6.45) is -3.29. The first kappa shape index (κ1) is 14.9. The second-order valence-corrected chi connectivity index (χ2v) is 5.23. The van der Waals surface area contributed by atoms with E-state index in [1.165, 1.54) is 17.6 Å². The summed E-state index contributed by atoms with van der Waals surface area (Å²) in [4.78, 5) is 0.838. The van der Waals surface area contributed by atoms with E-state index in [2.05, 4.69) is 9.59 Å². The van der Waals surface area contributed by atoms with Crippen molar-refractivity contribution in [2.24, 2.45) is 5.73 Å². The van der Waals surface area contributed by atoms with Crippen molar-refractivity contribution in [2.45, 2.75) is 32.0 Å². The van der Waals surface area contributed by atoms with Crippen molar-refractivity contribution < 1.29 is 13.2 Å². The van der Waals surface area contributed by atoms with Gasteiger partial charge in [-0.3, -0.25) is 0 Å². The fourth-order valence-corrected chi connectivity index (χ4v) is 2.70.